The molecule has 5 nitrogen and oxygen atoms in total. The van der Waals surface area contributed by atoms with Crippen LogP contribution in [0.1, 0.15) is 4.88 Å². The van der Waals surface area contributed by atoms with Gasteiger partial charge in [0.2, 0.25) is 0 Å². The quantitative estimate of drug-likeness (QED) is 0.204. The van der Waals surface area contributed by atoms with E-state index in [9.17, 15) is 9.59 Å². The Morgan fingerprint density at radius 1 is 0.967 bits per heavy atom. The van der Waals surface area contributed by atoms with Gasteiger partial charge < -0.3 is 0 Å². The van der Waals surface area contributed by atoms with Crippen molar-refractivity contribution in [3.8, 4) is 0 Å². The van der Waals surface area contributed by atoms with Gasteiger partial charge in [-0.2, -0.15) is 0 Å². The Hall–Kier alpha value is -2.20. The molecule has 2 aliphatic heterocycles. The number of aliphatic imine (C=N–C) groups is 1. The number of amidine groups is 1. The van der Waals surface area contributed by atoms with Crippen molar-refractivity contribution in [1.82, 2.24) is 4.90 Å². The second kappa shape index (κ2) is 7.81. The fourth-order valence-electron chi connectivity index (χ4n) is 3.33. The SMILES string of the molecule is CN1C(=O)/C(=C/c2ccc(N3c4ccccc4[Se]c4ccccc43)s2)C(=O)N=C1[Te]. The van der Waals surface area contributed by atoms with Crippen LogP contribution < -0.4 is 13.8 Å². The first-order valence-electron chi connectivity index (χ1n) is 9.08. The van der Waals surface area contributed by atoms with E-state index in [-0.39, 0.29) is 26.4 Å². The number of fused-ring (bicyclic) bond motifs is 2. The summed E-state index contributed by atoms with van der Waals surface area (Å²) in [5, 5.41) is 1.04. The molecule has 0 saturated heterocycles. The van der Waals surface area contributed by atoms with Crippen LogP contribution >= 0.6 is 11.3 Å². The minimum absolute atomic E-state index is 0.0982. The molecule has 0 N–H and O–H groups in total. The van der Waals surface area contributed by atoms with Crippen LogP contribution in [0.3, 0.4) is 0 Å². The van der Waals surface area contributed by atoms with E-state index in [1.807, 2.05) is 12.1 Å². The molecule has 3 heterocycles. The van der Waals surface area contributed by atoms with Crippen LogP contribution in [0.25, 0.3) is 6.08 Å². The summed E-state index contributed by atoms with van der Waals surface area (Å²) in [6.07, 6.45) is 1.65. The first-order chi connectivity index (χ1) is 14.5. The number of benzene rings is 2. The van der Waals surface area contributed by atoms with Crippen molar-refractivity contribution in [3.63, 3.8) is 0 Å². The van der Waals surface area contributed by atoms with Crippen LogP contribution in [0.4, 0.5) is 16.4 Å². The number of carbonyl (C=O) groups is 2. The van der Waals surface area contributed by atoms with E-state index in [0.717, 1.165) is 9.88 Å². The van der Waals surface area contributed by atoms with Crippen molar-refractivity contribution in [3.05, 3.63) is 71.1 Å². The normalized spacial score (nSPS) is 17.1. The average molecular weight is 591 g/mol. The number of para-hydroxylation sites is 2. The van der Waals surface area contributed by atoms with E-state index in [4.69, 9.17) is 0 Å². The first-order valence-corrected chi connectivity index (χ1v) is 12.8. The van der Waals surface area contributed by atoms with Crippen molar-refractivity contribution in [2.45, 2.75) is 0 Å². The molecule has 5 rings (SSSR count). The molecule has 1 aromatic heterocycles. The van der Waals surface area contributed by atoms with Crippen molar-refractivity contribution in [2.75, 3.05) is 11.9 Å². The van der Waals surface area contributed by atoms with Gasteiger partial charge in [-0.15, -0.1) is 0 Å². The van der Waals surface area contributed by atoms with E-state index < -0.39 is 5.91 Å². The van der Waals surface area contributed by atoms with Crippen molar-refractivity contribution >= 4 is 95.7 Å². The monoisotopic (exact) mass is 594 g/mol. The third kappa shape index (κ3) is 3.35. The summed E-state index contributed by atoms with van der Waals surface area (Å²) in [4.78, 5) is 33.3. The summed E-state index contributed by atoms with van der Waals surface area (Å²) >= 11 is 3.39. The number of amides is 2. The molecule has 0 aliphatic carbocycles. The number of rotatable bonds is 2. The molecule has 0 atom stereocenters. The molecule has 0 fully saturated rings. The molecule has 0 unspecified atom stereocenters. The van der Waals surface area contributed by atoms with Gasteiger partial charge in [-0.25, -0.2) is 0 Å². The Bertz CT molecular complexity index is 1220. The van der Waals surface area contributed by atoms with E-state index in [2.05, 4.69) is 58.4 Å². The van der Waals surface area contributed by atoms with Crippen LogP contribution in [0.2, 0.25) is 0 Å². The number of hydrogen-bond acceptors (Lipinski definition) is 4. The van der Waals surface area contributed by atoms with Crippen LogP contribution in [0.5, 0.6) is 0 Å². The summed E-state index contributed by atoms with van der Waals surface area (Å²) in [7, 11) is 1.63. The van der Waals surface area contributed by atoms with Crippen molar-refractivity contribution in [2.24, 2.45) is 4.99 Å². The van der Waals surface area contributed by atoms with Crippen molar-refractivity contribution in [1.29, 1.82) is 0 Å². The van der Waals surface area contributed by atoms with Gasteiger partial charge in [0.25, 0.3) is 0 Å². The van der Waals surface area contributed by atoms with E-state index in [1.165, 1.54) is 25.2 Å². The van der Waals surface area contributed by atoms with Crippen LogP contribution in [0.15, 0.2) is 71.2 Å². The van der Waals surface area contributed by atoms with Crippen LogP contribution in [-0.2, 0) is 9.59 Å². The van der Waals surface area contributed by atoms with Gasteiger partial charge in [-0.1, -0.05) is 0 Å². The molecule has 147 valence electrons. The summed E-state index contributed by atoms with van der Waals surface area (Å²) < 4.78 is 3.09. The third-order valence-electron chi connectivity index (χ3n) is 4.80. The molecule has 2 aliphatic rings. The number of hydrogen-bond donors (Lipinski definition) is 0. The zero-order valence-electron chi connectivity index (χ0n) is 15.7. The Kier molecular flexibility index (Phi) is 5.14. The van der Waals surface area contributed by atoms with E-state index in [0.29, 0.717) is 3.88 Å². The second-order valence-corrected chi connectivity index (χ2v) is 11.1. The number of carbonyl (C=O) groups excluding carboxylic acids is 2. The van der Waals surface area contributed by atoms with Gasteiger partial charge in [-0.05, 0) is 0 Å². The second-order valence-electron chi connectivity index (χ2n) is 6.67. The number of nitrogens with zero attached hydrogens (tertiary/aromatic N) is 3. The molecule has 8 heteroatoms. The summed E-state index contributed by atoms with van der Waals surface area (Å²) in [6.45, 7) is 0. The van der Waals surface area contributed by atoms with E-state index in [1.54, 1.807) is 46.8 Å². The Labute approximate surface area is 197 Å². The predicted octanol–water partition coefficient (Wildman–Crippen LogP) is 2.09. The molecule has 2 amide bonds. The molecule has 2 aromatic carbocycles. The van der Waals surface area contributed by atoms with Gasteiger partial charge in [-0.3, -0.25) is 0 Å². The number of likely N-dealkylation sites (N-methyl/N-ethyl adjacent to an activating group) is 1. The first kappa shape index (κ1) is 19.7. The Morgan fingerprint density at radius 3 is 2.27 bits per heavy atom. The number of thiophene rings is 1. The van der Waals surface area contributed by atoms with Gasteiger partial charge in [0.05, 0.1) is 0 Å². The fraction of sp³-hybridized carbons (Fsp3) is 0.0455. The fourth-order valence-corrected chi connectivity index (χ4v) is 7.00. The maximum absolute atomic E-state index is 12.5. The van der Waals surface area contributed by atoms with Gasteiger partial charge in [0.1, 0.15) is 0 Å². The predicted molar refractivity (Wildman–Crippen MR) is 123 cm³/mol. The molecular weight excluding hydrogens is 577 g/mol. The maximum atomic E-state index is 12.5. The third-order valence-corrected chi connectivity index (χ3v) is 9.23. The Morgan fingerprint density at radius 2 is 1.60 bits per heavy atom. The van der Waals surface area contributed by atoms with Crippen molar-refractivity contribution < 1.29 is 9.59 Å². The van der Waals surface area contributed by atoms with Gasteiger partial charge >= 0.3 is 198 Å². The molecule has 0 saturated carbocycles. The molecule has 1 radical (unpaired) electrons. The zero-order valence-corrected chi connectivity index (χ0v) is 20.6. The molecule has 0 spiro atoms. The molecule has 30 heavy (non-hydrogen) atoms. The minimum atomic E-state index is -0.482. The van der Waals surface area contributed by atoms with Gasteiger partial charge in [0.15, 0.2) is 0 Å². The number of anilines is 3. The summed E-state index contributed by atoms with van der Waals surface area (Å²) in [6, 6.07) is 20.9. The average Bonchev–Trinajstić information content (AvgIpc) is 3.21. The van der Waals surface area contributed by atoms with E-state index >= 15 is 0 Å². The summed E-state index contributed by atoms with van der Waals surface area (Å²) in [5.41, 5.74) is 2.46. The Balaban J connectivity index is 1.57. The van der Waals surface area contributed by atoms with Crippen LogP contribution in [0, 0.1) is 0 Å². The van der Waals surface area contributed by atoms with Gasteiger partial charge in [0, 0.05) is 0 Å². The van der Waals surface area contributed by atoms with Crippen LogP contribution in [-0.4, -0.2) is 64.9 Å². The molecule has 3 aromatic rings. The standard InChI is InChI=1S/C22H14N3O2SSeTe/c1-24-21(27)14(20(26)23-22(24)30)12-13-10-11-19(28-13)25-15-6-2-4-8-17(15)29-18-9-5-3-7-16(18)25/h2-12H,1H3/b14-12+. The topological polar surface area (TPSA) is 53.0 Å². The zero-order chi connectivity index (χ0) is 20.8. The molecule has 0 bridgehead atoms. The summed E-state index contributed by atoms with van der Waals surface area (Å²) in [5.74, 6) is -0.800. The molecular formula is C22H14N3O2SSeTe.